The fraction of sp³-hybridized carbons (Fsp3) is 0.556. The van der Waals surface area contributed by atoms with Gasteiger partial charge in [0.2, 0.25) is 17.7 Å². The molecule has 8 heteroatoms. The number of rotatable bonds is 4. The number of aromatic nitrogens is 1. The summed E-state index contributed by atoms with van der Waals surface area (Å²) in [5, 5.41) is 5.23. The van der Waals surface area contributed by atoms with Gasteiger partial charge in [0.15, 0.2) is 5.13 Å². The van der Waals surface area contributed by atoms with Crippen LogP contribution in [0, 0.1) is 11.8 Å². The molecule has 1 N–H and O–H groups in total. The molecule has 3 rings (SSSR count). The minimum Gasteiger partial charge on any atom is -0.342 e. The summed E-state index contributed by atoms with van der Waals surface area (Å²) in [6, 6.07) is 0. The van der Waals surface area contributed by atoms with Crippen LogP contribution in [0.4, 0.5) is 5.13 Å². The monoisotopic (exact) mass is 376 g/mol. The first-order valence-electron chi connectivity index (χ1n) is 8.99. The zero-order valence-electron chi connectivity index (χ0n) is 14.7. The van der Waals surface area contributed by atoms with Crippen molar-refractivity contribution in [2.24, 2.45) is 11.8 Å². The van der Waals surface area contributed by atoms with Crippen molar-refractivity contribution in [1.82, 2.24) is 14.8 Å². The molecule has 3 heterocycles. The Kier molecular flexibility index (Phi) is 6.03. The van der Waals surface area contributed by atoms with Crippen molar-refractivity contribution in [1.29, 1.82) is 0 Å². The number of nitrogens with one attached hydrogen (secondary N) is 1. The van der Waals surface area contributed by atoms with Crippen molar-refractivity contribution in [3.63, 3.8) is 0 Å². The van der Waals surface area contributed by atoms with Crippen LogP contribution < -0.4 is 5.32 Å². The van der Waals surface area contributed by atoms with Crippen LogP contribution >= 0.6 is 11.3 Å². The molecule has 2 aliphatic heterocycles. The Morgan fingerprint density at radius 3 is 2.54 bits per heavy atom. The molecule has 0 spiro atoms. The van der Waals surface area contributed by atoms with Gasteiger partial charge in [-0.15, -0.1) is 11.3 Å². The minimum atomic E-state index is -0.217. The average Bonchev–Trinajstić information content (AvgIpc) is 3.20. The Hall–Kier alpha value is -2.22. The standard InChI is InChI=1S/C18H24N4O3S/c1-2-15(23)21-8-4-6-14(12-21)17(25)22-9-3-5-13(11-22)16(24)20-18-19-7-10-26-18/h2,7,10,13-14H,1,3-6,8-9,11-12H2,(H,19,20,24). The number of likely N-dealkylation sites (tertiary alicyclic amines) is 2. The fourth-order valence-electron chi connectivity index (χ4n) is 3.65. The first kappa shape index (κ1) is 18.6. The van der Waals surface area contributed by atoms with Gasteiger partial charge in [0, 0.05) is 37.8 Å². The van der Waals surface area contributed by atoms with E-state index < -0.39 is 0 Å². The molecule has 7 nitrogen and oxygen atoms in total. The van der Waals surface area contributed by atoms with E-state index in [4.69, 9.17) is 0 Å². The highest BCUT2D eigenvalue weighted by Gasteiger charge is 2.34. The number of hydrogen-bond donors (Lipinski definition) is 1. The van der Waals surface area contributed by atoms with E-state index in [0.717, 1.165) is 25.7 Å². The summed E-state index contributed by atoms with van der Waals surface area (Å²) >= 11 is 1.38. The van der Waals surface area contributed by atoms with E-state index in [-0.39, 0.29) is 29.6 Å². The third kappa shape index (κ3) is 4.30. The molecule has 1 aromatic heterocycles. The van der Waals surface area contributed by atoms with Crippen molar-refractivity contribution in [2.75, 3.05) is 31.5 Å². The fourth-order valence-corrected chi connectivity index (χ4v) is 4.18. The summed E-state index contributed by atoms with van der Waals surface area (Å²) in [7, 11) is 0. The predicted molar refractivity (Wildman–Crippen MR) is 99.5 cm³/mol. The highest BCUT2D eigenvalue weighted by molar-refractivity contribution is 7.13. The quantitative estimate of drug-likeness (QED) is 0.812. The third-order valence-electron chi connectivity index (χ3n) is 5.02. The average molecular weight is 376 g/mol. The molecule has 2 aliphatic rings. The second-order valence-corrected chi connectivity index (χ2v) is 7.67. The van der Waals surface area contributed by atoms with Crippen LogP contribution in [0.2, 0.25) is 0 Å². The summed E-state index contributed by atoms with van der Waals surface area (Å²) < 4.78 is 0. The number of nitrogens with zero attached hydrogens (tertiary/aromatic N) is 3. The summed E-state index contributed by atoms with van der Waals surface area (Å²) in [5.41, 5.74) is 0. The highest BCUT2D eigenvalue weighted by Crippen LogP contribution is 2.24. The number of carbonyl (C=O) groups is 3. The molecule has 2 fully saturated rings. The Labute approximate surface area is 157 Å². The van der Waals surface area contributed by atoms with E-state index >= 15 is 0 Å². The van der Waals surface area contributed by atoms with Crippen LogP contribution in [0.1, 0.15) is 25.7 Å². The number of anilines is 1. The maximum Gasteiger partial charge on any atom is 0.245 e. The number of carbonyl (C=O) groups excluding carboxylic acids is 3. The molecule has 26 heavy (non-hydrogen) atoms. The van der Waals surface area contributed by atoms with Crippen molar-refractivity contribution in [3.8, 4) is 0 Å². The molecular weight excluding hydrogens is 352 g/mol. The topological polar surface area (TPSA) is 82.6 Å². The number of thiazole rings is 1. The first-order chi connectivity index (χ1) is 12.6. The number of hydrogen-bond acceptors (Lipinski definition) is 5. The number of amides is 3. The van der Waals surface area contributed by atoms with Gasteiger partial charge in [0.05, 0.1) is 11.8 Å². The molecule has 0 saturated carbocycles. The third-order valence-corrected chi connectivity index (χ3v) is 5.71. The Morgan fingerprint density at radius 1 is 1.15 bits per heavy atom. The summed E-state index contributed by atoms with van der Waals surface area (Å²) in [6.45, 7) is 5.74. The predicted octanol–water partition coefficient (Wildman–Crippen LogP) is 1.74. The zero-order valence-corrected chi connectivity index (χ0v) is 15.5. The van der Waals surface area contributed by atoms with Crippen LogP contribution in [0.5, 0.6) is 0 Å². The van der Waals surface area contributed by atoms with E-state index in [1.54, 1.807) is 16.0 Å². The summed E-state index contributed by atoms with van der Waals surface area (Å²) in [4.78, 5) is 44.7. The normalized spacial score (nSPS) is 23.4. The first-order valence-corrected chi connectivity index (χ1v) is 9.87. The molecule has 0 bridgehead atoms. The molecule has 2 atom stereocenters. The maximum atomic E-state index is 12.9. The molecule has 2 unspecified atom stereocenters. The van der Waals surface area contributed by atoms with Crippen molar-refractivity contribution >= 4 is 34.2 Å². The van der Waals surface area contributed by atoms with E-state index in [0.29, 0.717) is 31.3 Å². The smallest absolute Gasteiger partial charge is 0.245 e. The van der Waals surface area contributed by atoms with Gasteiger partial charge in [-0.05, 0) is 31.8 Å². The van der Waals surface area contributed by atoms with Gasteiger partial charge in [0.1, 0.15) is 0 Å². The van der Waals surface area contributed by atoms with E-state index in [2.05, 4.69) is 16.9 Å². The molecule has 0 aliphatic carbocycles. The van der Waals surface area contributed by atoms with Crippen molar-refractivity contribution in [3.05, 3.63) is 24.2 Å². The Morgan fingerprint density at radius 2 is 1.85 bits per heavy atom. The molecule has 0 radical (unpaired) electrons. The van der Waals surface area contributed by atoms with Gasteiger partial charge >= 0.3 is 0 Å². The van der Waals surface area contributed by atoms with Gasteiger partial charge in [-0.1, -0.05) is 6.58 Å². The summed E-state index contributed by atoms with van der Waals surface area (Å²) in [6.07, 6.45) is 6.13. The van der Waals surface area contributed by atoms with E-state index in [1.807, 2.05) is 5.38 Å². The second kappa shape index (κ2) is 8.44. The van der Waals surface area contributed by atoms with E-state index in [1.165, 1.54) is 17.4 Å². The maximum absolute atomic E-state index is 12.9. The molecule has 3 amide bonds. The van der Waals surface area contributed by atoms with E-state index in [9.17, 15) is 14.4 Å². The largest absolute Gasteiger partial charge is 0.342 e. The molecule has 140 valence electrons. The Bertz CT molecular complexity index is 676. The lowest BCUT2D eigenvalue weighted by molar-refractivity contribution is -0.141. The van der Waals surface area contributed by atoms with Crippen molar-refractivity contribution in [2.45, 2.75) is 25.7 Å². The van der Waals surface area contributed by atoms with Crippen molar-refractivity contribution < 1.29 is 14.4 Å². The van der Waals surface area contributed by atoms with Gasteiger partial charge in [-0.2, -0.15) is 0 Å². The lowest BCUT2D eigenvalue weighted by Gasteiger charge is -2.37. The molecule has 2 saturated heterocycles. The lowest BCUT2D eigenvalue weighted by atomic mass is 9.92. The Balaban J connectivity index is 1.58. The van der Waals surface area contributed by atoms with Crippen LogP contribution in [0.25, 0.3) is 0 Å². The molecule has 0 aromatic carbocycles. The van der Waals surface area contributed by atoms with Gasteiger partial charge in [-0.25, -0.2) is 4.98 Å². The van der Waals surface area contributed by atoms with Gasteiger partial charge in [-0.3, -0.25) is 14.4 Å². The van der Waals surface area contributed by atoms with Crippen LogP contribution in [-0.2, 0) is 14.4 Å². The molecular formula is C18H24N4O3S. The highest BCUT2D eigenvalue weighted by atomic mass is 32.1. The second-order valence-electron chi connectivity index (χ2n) is 6.78. The zero-order chi connectivity index (χ0) is 18.5. The SMILES string of the molecule is C=CC(=O)N1CCCC(C(=O)N2CCCC(C(=O)Nc3nccs3)C2)C1. The minimum absolute atomic E-state index is 0.0540. The van der Waals surface area contributed by atoms with Crippen LogP contribution in [0.3, 0.4) is 0 Å². The lowest BCUT2D eigenvalue weighted by Crippen LogP contribution is -2.50. The van der Waals surface area contributed by atoms with Gasteiger partial charge < -0.3 is 15.1 Å². The van der Waals surface area contributed by atoms with Gasteiger partial charge in [0.25, 0.3) is 0 Å². The number of piperidine rings is 2. The summed E-state index contributed by atoms with van der Waals surface area (Å²) in [5.74, 6) is -0.552. The van der Waals surface area contributed by atoms with Crippen LogP contribution in [0.15, 0.2) is 24.2 Å². The van der Waals surface area contributed by atoms with Crippen LogP contribution in [-0.4, -0.2) is 58.7 Å². The molecule has 1 aromatic rings.